The van der Waals surface area contributed by atoms with Crippen LogP contribution in [-0.4, -0.2) is 62.5 Å². The molecule has 0 saturated carbocycles. The van der Waals surface area contributed by atoms with Crippen LogP contribution in [0.2, 0.25) is 5.28 Å². The first-order valence-corrected chi connectivity index (χ1v) is 8.73. The number of fused-ring (bicyclic) bond motifs is 1. The molecule has 3 rings (SSSR count). The van der Waals surface area contributed by atoms with Gasteiger partial charge in [-0.05, 0) is 18.5 Å². The van der Waals surface area contributed by atoms with E-state index in [1.807, 2.05) is 0 Å². The topological polar surface area (TPSA) is 105 Å². The van der Waals surface area contributed by atoms with Gasteiger partial charge in [-0.15, -0.1) is 5.92 Å². The van der Waals surface area contributed by atoms with Crippen LogP contribution in [0.25, 0.3) is 11.2 Å². The number of hydrogen-bond donors (Lipinski definition) is 2. The van der Waals surface area contributed by atoms with Crippen molar-refractivity contribution in [2.45, 2.75) is 19.6 Å². The predicted molar refractivity (Wildman–Crippen MR) is 100 cm³/mol. The highest BCUT2D eigenvalue weighted by atomic mass is 35.5. The minimum Gasteiger partial charge on any atom is -0.475 e. The highest BCUT2D eigenvalue weighted by Crippen LogP contribution is 2.25. The van der Waals surface area contributed by atoms with E-state index in [1.54, 1.807) is 18.5 Å². The van der Waals surface area contributed by atoms with Crippen LogP contribution in [0.5, 0.6) is 0 Å². The smallest absolute Gasteiger partial charge is 0.475 e. The van der Waals surface area contributed by atoms with Gasteiger partial charge in [-0.3, -0.25) is 9.13 Å². The second kappa shape index (κ2) is 9.15. The number of aryl methyl sites for hydroxylation is 1. The Hall–Kier alpha value is -2.78. The van der Waals surface area contributed by atoms with Crippen molar-refractivity contribution in [3.05, 3.63) is 15.8 Å². The van der Waals surface area contributed by atoms with Crippen LogP contribution in [0, 0.1) is 11.8 Å². The van der Waals surface area contributed by atoms with Crippen LogP contribution in [0.15, 0.2) is 4.79 Å². The number of nitrogens with one attached hydrogen (secondary N) is 1. The first-order chi connectivity index (χ1) is 13.6. The van der Waals surface area contributed by atoms with Gasteiger partial charge < -0.3 is 15.3 Å². The van der Waals surface area contributed by atoms with Gasteiger partial charge in [0, 0.05) is 33.2 Å². The third kappa shape index (κ3) is 5.18. The van der Waals surface area contributed by atoms with Crippen LogP contribution < -0.4 is 15.9 Å². The molecule has 158 valence electrons. The molecular weight excluding hydrogens is 417 g/mol. The summed E-state index contributed by atoms with van der Waals surface area (Å²) in [5.74, 6) is 3.70. The highest BCUT2D eigenvalue weighted by molar-refractivity contribution is 6.28. The Morgan fingerprint density at radius 2 is 1.90 bits per heavy atom. The summed E-state index contributed by atoms with van der Waals surface area (Å²) in [4.78, 5) is 32.1. The molecule has 0 atom stereocenters. The zero-order chi connectivity index (χ0) is 21.8. The molecule has 29 heavy (non-hydrogen) atoms. The SMILES string of the molecule is CC#CCn1c(=O)n(C)c2nc(Cl)nc(N3CCNCC3)c21.O=C(O)C(F)(F)F. The first kappa shape index (κ1) is 22.5. The van der Waals surface area contributed by atoms with Crippen LogP contribution >= 0.6 is 11.6 Å². The molecule has 9 nitrogen and oxygen atoms in total. The van der Waals surface area contributed by atoms with E-state index in [1.165, 1.54) is 4.57 Å². The Kier molecular flexibility index (Phi) is 7.10. The van der Waals surface area contributed by atoms with Crippen molar-refractivity contribution in [3.8, 4) is 11.8 Å². The minimum atomic E-state index is -5.08. The van der Waals surface area contributed by atoms with Crippen molar-refractivity contribution in [2.24, 2.45) is 7.05 Å². The Bertz CT molecular complexity index is 1020. The summed E-state index contributed by atoms with van der Waals surface area (Å²) < 4.78 is 34.8. The zero-order valence-electron chi connectivity index (χ0n) is 15.5. The molecular formula is C16H18ClF3N6O3. The molecule has 0 amide bonds. The van der Waals surface area contributed by atoms with Crippen LogP contribution in [-0.2, 0) is 18.4 Å². The number of carbonyl (C=O) groups is 1. The van der Waals surface area contributed by atoms with Gasteiger partial charge >= 0.3 is 17.8 Å². The fourth-order valence-electron chi connectivity index (χ4n) is 2.65. The van der Waals surface area contributed by atoms with E-state index in [4.69, 9.17) is 21.5 Å². The number of alkyl halides is 3. The lowest BCUT2D eigenvalue weighted by atomic mass is 10.3. The average Bonchev–Trinajstić information content (AvgIpc) is 2.90. The van der Waals surface area contributed by atoms with E-state index in [0.29, 0.717) is 23.5 Å². The molecule has 0 radical (unpaired) electrons. The molecule has 2 aromatic heterocycles. The van der Waals surface area contributed by atoms with E-state index >= 15 is 0 Å². The summed E-state index contributed by atoms with van der Waals surface area (Å²) in [7, 11) is 1.69. The number of nitrogens with zero attached hydrogens (tertiary/aromatic N) is 5. The molecule has 13 heteroatoms. The number of aliphatic carboxylic acids is 1. The maximum atomic E-state index is 12.5. The molecule has 0 spiro atoms. The Labute approximate surface area is 168 Å². The van der Waals surface area contributed by atoms with Crippen molar-refractivity contribution in [1.82, 2.24) is 24.4 Å². The fourth-order valence-corrected chi connectivity index (χ4v) is 2.81. The molecule has 0 bridgehead atoms. The quantitative estimate of drug-likeness (QED) is 0.533. The Morgan fingerprint density at radius 3 is 2.41 bits per heavy atom. The van der Waals surface area contributed by atoms with Gasteiger partial charge in [0.15, 0.2) is 11.5 Å². The summed E-state index contributed by atoms with van der Waals surface area (Å²) >= 11 is 6.06. The number of carboxylic acids is 1. The molecule has 1 fully saturated rings. The molecule has 2 N–H and O–H groups in total. The fraction of sp³-hybridized carbons (Fsp3) is 0.500. The number of halogens is 4. The second-order valence-electron chi connectivity index (χ2n) is 5.88. The van der Waals surface area contributed by atoms with Crippen LogP contribution in [0.4, 0.5) is 19.0 Å². The van der Waals surface area contributed by atoms with Gasteiger partial charge in [-0.2, -0.15) is 23.1 Å². The largest absolute Gasteiger partial charge is 0.490 e. The lowest BCUT2D eigenvalue weighted by Gasteiger charge is -2.28. The van der Waals surface area contributed by atoms with Gasteiger partial charge in [0.05, 0.1) is 6.54 Å². The van der Waals surface area contributed by atoms with Crippen molar-refractivity contribution >= 4 is 34.6 Å². The summed E-state index contributed by atoms with van der Waals surface area (Å²) in [6, 6.07) is 0. The highest BCUT2D eigenvalue weighted by Gasteiger charge is 2.38. The molecule has 3 heterocycles. The molecule has 2 aromatic rings. The number of piperazine rings is 1. The van der Waals surface area contributed by atoms with Crippen LogP contribution in [0.1, 0.15) is 6.92 Å². The standard InChI is InChI=1S/C14H17ClN6O.C2HF3O2/c1-3-4-7-21-10-11(19(2)14(21)22)17-13(15)18-12(10)20-8-5-16-6-9-20;3-2(4,5)1(6)7/h16H,5-9H2,1-2H3;(H,6,7). The van der Waals surface area contributed by atoms with Crippen molar-refractivity contribution in [3.63, 3.8) is 0 Å². The van der Waals surface area contributed by atoms with E-state index in [9.17, 15) is 18.0 Å². The summed E-state index contributed by atoms with van der Waals surface area (Å²) in [6.45, 7) is 5.43. The lowest BCUT2D eigenvalue weighted by Crippen LogP contribution is -2.44. The van der Waals surface area contributed by atoms with E-state index < -0.39 is 12.1 Å². The van der Waals surface area contributed by atoms with Gasteiger partial charge in [-0.25, -0.2) is 9.59 Å². The van der Waals surface area contributed by atoms with Crippen LogP contribution in [0.3, 0.4) is 0 Å². The monoisotopic (exact) mass is 434 g/mol. The van der Waals surface area contributed by atoms with Gasteiger partial charge in [0.2, 0.25) is 5.28 Å². The van der Waals surface area contributed by atoms with Crippen molar-refractivity contribution in [2.75, 3.05) is 31.1 Å². The van der Waals surface area contributed by atoms with E-state index in [0.717, 1.165) is 26.2 Å². The van der Waals surface area contributed by atoms with Crippen molar-refractivity contribution < 1.29 is 23.1 Å². The minimum absolute atomic E-state index is 0.148. The number of anilines is 1. The first-order valence-electron chi connectivity index (χ1n) is 8.36. The van der Waals surface area contributed by atoms with Gasteiger partial charge in [0.25, 0.3) is 0 Å². The maximum Gasteiger partial charge on any atom is 0.490 e. The predicted octanol–water partition coefficient (Wildman–Crippen LogP) is 0.850. The van der Waals surface area contributed by atoms with Crippen molar-refractivity contribution in [1.29, 1.82) is 0 Å². The zero-order valence-corrected chi connectivity index (χ0v) is 16.3. The lowest BCUT2D eigenvalue weighted by molar-refractivity contribution is -0.192. The summed E-state index contributed by atoms with van der Waals surface area (Å²) in [5.41, 5.74) is 1.07. The molecule has 0 unspecified atom stereocenters. The average molecular weight is 435 g/mol. The Morgan fingerprint density at radius 1 is 1.31 bits per heavy atom. The Balaban J connectivity index is 0.000000370. The molecule has 1 aliphatic rings. The normalized spacial score (nSPS) is 14.1. The summed E-state index contributed by atoms with van der Waals surface area (Å²) in [5, 5.41) is 10.6. The van der Waals surface area contributed by atoms with E-state index in [-0.39, 0.29) is 11.0 Å². The van der Waals surface area contributed by atoms with E-state index in [2.05, 4.69) is 32.0 Å². The molecule has 0 aromatic carbocycles. The molecule has 0 aliphatic carbocycles. The molecule has 1 aliphatic heterocycles. The summed E-state index contributed by atoms with van der Waals surface area (Å²) in [6.07, 6.45) is -5.08. The number of carboxylic acid groups (broad SMARTS) is 1. The number of rotatable bonds is 2. The third-order valence-corrected chi connectivity index (χ3v) is 4.17. The second-order valence-corrected chi connectivity index (χ2v) is 6.22. The molecule has 1 saturated heterocycles. The van der Waals surface area contributed by atoms with Gasteiger partial charge in [0.1, 0.15) is 5.52 Å². The third-order valence-electron chi connectivity index (χ3n) is 4.00. The number of imidazole rings is 1. The maximum absolute atomic E-state index is 12.5. The number of hydrogen-bond acceptors (Lipinski definition) is 6. The van der Waals surface area contributed by atoms with Gasteiger partial charge in [-0.1, -0.05) is 5.92 Å². The number of aromatic nitrogens is 4.